The van der Waals surface area contributed by atoms with E-state index < -0.39 is 0 Å². The average molecular weight is 283 g/mol. The van der Waals surface area contributed by atoms with E-state index >= 15 is 0 Å². The fourth-order valence-corrected chi connectivity index (χ4v) is 2.67. The third-order valence-electron chi connectivity index (χ3n) is 4.38. The van der Waals surface area contributed by atoms with Crippen LogP contribution in [0.15, 0.2) is 40.8 Å². The highest BCUT2D eigenvalue weighted by molar-refractivity contribution is 5.92. The predicted molar refractivity (Wildman–Crippen MR) is 83.2 cm³/mol. The molecule has 3 heteroatoms. The first-order valence-electron chi connectivity index (χ1n) is 7.61. The molecule has 1 atom stereocenters. The summed E-state index contributed by atoms with van der Waals surface area (Å²) in [7, 11) is 0. The van der Waals surface area contributed by atoms with Crippen molar-refractivity contribution >= 4 is 5.91 Å². The summed E-state index contributed by atoms with van der Waals surface area (Å²) < 4.78 is 5.69. The molecule has 0 saturated heterocycles. The van der Waals surface area contributed by atoms with Gasteiger partial charge in [-0.2, -0.15) is 0 Å². The summed E-state index contributed by atoms with van der Waals surface area (Å²) in [4.78, 5) is 12.2. The fourth-order valence-electron chi connectivity index (χ4n) is 2.67. The minimum absolute atomic E-state index is 0.118. The highest BCUT2D eigenvalue weighted by atomic mass is 16.3. The van der Waals surface area contributed by atoms with Crippen LogP contribution in [0.1, 0.15) is 42.3 Å². The Labute approximate surface area is 125 Å². The number of hydrogen-bond acceptors (Lipinski definition) is 2. The van der Waals surface area contributed by atoms with E-state index in [2.05, 4.69) is 12.2 Å². The largest absolute Gasteiger partial charge is 0.451 e. The Kier molecular flexibility index (Phi) is 3.82. The molecule has 2 aromatic rings. The van der Waals surface area contributed by atoms with Crippen LogP contribution in [0.5, 0.6) is 0 Å². The summed E-state index contributed by atoms with van der Waals surface area (Å²) in [6.45, 7) is 4.12. The van der Waals surface area contributed by atoms with E-state index in [4.69, 9.17) is 4.42 Å². The third-order valence-corrected chi connectivity index (χ3v) is 4.38. The van der Waals surface area contributed by atoms with Crippen molar-refractivity contribution in [1.82, 2.24) is 5.32 Å². The highest BCUT2D eigenvalue weighted by Crippen LogP contribution is 2.29. The van der Waals surface area contributed by atoms with E-state index in [1.165, 1.54) is 24.8 Å². The molecule has 110 valence electrons. The van der Waals surface area contributed by atoms with Crippen LogP contribution in [-0.2, 0) is 0 Å². The molecular weight excluding hydrogens is 262 g/mol. The molecule has 1 aromatic carbocycles. The number of nitrogens with one attached hydrogen (secondary N) is 1. The van der Waals surface area contributed by atoms with Crippen molar-refractivity contribution in [3.63, 3.8) is 0 Å². The second-order valence-electron chi connectivity index (χ2n) is 5.98. The minimum Gasteiger partial charge on any atom is -0.451 e. The fraction of sp³-hybridized carbons (Fsp3) is 0.389. The van der Waals surface area contributed by atoms with Crippen LogP contribution in [-0.4, -0.2) is 11.9 Å². The van der Waals surface area contributed by atoms with Gasteiger partial charge in [-0.3, -0.25) is 4.79 Å². The van der Waals surface area contributed by atoms with Crippen LogP contribution < -0.4 is 5.32 Å². The van der Waals surface area contributed by atoms with Gasteiger partial charge in [-0.15, -0.1) is 0 Å². The molecule has 0 spiro atoms. The van der Waals surface area contributed by atoms with Crippen molar-refractivity contribution in [1.29, 1.82) is 0 Å². The SMILES string of the molecule is Cc1ccc(-c2ccc(C(=O)NC(C)C3CCC3)o2)cc1. The van der Waals surface area contributed by atoms with Gasteiger partial charge in [-0.05, 0) is 44.7 Å². The zero-order valence-corrected chi connectivity index (χ0v) is 12.6. The molecule has 1 heterocycles. The first-order chi connectivity index (χ1) is 10.1. The van der Waals surface area contributed by atoms with Crippen molar-refractivity contribution in [2.75, 3.05) is 0 Å². The molecule has 1 aliphatic carbocycles. The number of furan rings is 1. The monoisotopic (exact) mass is 283 g/mol. The summed E-state index contributed by atoms with van der Waals surface area (Å²) >= 11 is 0. The predicted octanol–water partition coefficient (Wildman–Crippen LogP) is 4.17. The Balaban J connectivity index is 1.69. The van der Waals surface area contributed by atoms with Gasteiger partial charge in [0.15, 0.2) is 5.76 Å². The lowest BCUT2D eigenvalue weighted by Crippen LogP contribution is -2.40. The van der Waals surface area contributed by atoms with Crippen molar-refractivity contribution in [3.05, 3.63) is 47.7 Å². The molecule has 0 radical (unpaired) electrons. The molecule has 1 unspecified atom stereocenters. The zero-order chi connectivity index (χ0) is 14.8. The van der Waals surface area contributed by atoms with Gasteiger partial charge in [0.1, 0.15) is 5.76 Å². The molecule has 1 aliphatic rings. The van der Waals surface area contributed by atoms with Gasteiger partial charge in [0.2, 0.25) is 0 Å². The Morgan fingerprint density at radius 1 is 1.19 bits per heavy atom. The first-order valence-corrected chi connectivity index (χ1v) is 7.61. The molecule has 1 aromatic heterocycles. The van der Waals surface area contributed by atoms with E-state index in [1.807, 2.05) is 37.3 Å². The lowest BCUT2D eigenvalue weighted by Gasteiger charge is -2.31. The van der Waals surface area contributed by atoms with Gasteiger partial charge in [0.05, 0.1) is 0 Å². The summed E-state index contributed by atoms with van der Waals surface area (Å²) in [5.74, 6) is 1.63. The maximum atomic E-state index is 12.2. The van der Waals surface area contributed by atoms with Crippen LogP contribution in [0, 0.1) is 12.8 Å². The summed E-state index contributed by atoms with van der Waals surface area (Å²) in [6.07, 6.45) is 3.71. The number of carbonyl (C=O) groups is 1. The van der Waals surface area contributed by atoms with Crippen molar-refractivity contribution in [2.45, 2.75) is 39.2 Å². The molecule has 0 aliphatic heterocycles. The standard InChI is InChI=1S/C18H21NO2/c1-12-6-8-15(9-7-12)16-10-11-17(21-16)18(20)19-13(2)14-4-3-5-14/h6-11,13-14H,3-5H2,1-2H3,(H,19,20). The number of aryl methyl sites for hydroxylation is 1. The van der Waals surface area contributed by atoms with Crippen molar-refractivity contribution in [3.8, 4) is 11.3 Å². The Morgan fingerprint density at radius 3 is 2.52 bits per heavy atom. The molecule has 3 rings (SSSR count). The number of hydrogen-bond donors (Lipinski definition) is 1. The van der Waals surface area contributed by atoms with Crippen LogP contribution in [0.2, 0.25) is 0 Å². The van der Waals surface area contributed by atoms with Gasteiger partial charge < -0.3 is 9.73 Å². The van der Waals surface area contributed by atoms with Crippen LogP contribution >= 0.6 is 0 Å². The third kappa shape index (κ3) is 3.02. The van der Waals surface area contributed by atoms with Crippen molar-refractivity contribution < 1.29 is 9.21 Å². The number of carbonyl (C=O) groups excluding carboxylic acids is 1. The quantitative estimate of drug-likeness (QED) is 0.915. The number of benzene rings is 1. The first kappa shape index (κ1) is 13.9. The van der Waals surface area contributed by atoms with Crippen LogP contribution in [0.25, 0.3) is 11.3 Å². The van der Waals surface area contributed by atoms with Crippen LogP contribution in [0.4, 0.5) is 0 Å². The lowest BCUT2D eigenvalue weighted by atomic mass is 9.80. The summed E-state index contributed by atoms with van der Waals surface area (Å²) in [5, 5.41) is 3.04. The molecule has 3 nitrogen and oxygen atoms in total. The highest BCUT2D eigenvalue weighted by Gasteiger charge is 2.26. The van der Waals surface area contributed by atoms with Crippen LogP contribution in [0.3, 0.4) is 0 Å². The van der Waals surface area contributed by atoms with Gasteiger partial charge >= 0.3 is 0 Å². The Hall–Kier alpha value is -2.03. The van der Waals surface area contributed by atoms with E-state index in [0.29, 0.717) is 11.7 Å². The number of rotatable bonds is 4. The van der Waals surface area contributed by atoms with E-state index in [1.54, 1.807) is 6.07 Å². The normalized spacial score (nSPS) is 16.3. The molecule has 0 bridgehead atoms. The van der Waals surface area contributed by atoms with Gasteiger partial charge in [0.25, 0.3) is 5.91 Å². The minimum atomic E-state index is -0.118. The van der Waals surface area contributed by atoms with E-state index in [0.717, 1.165) is 11.3 Å². The summed E-state index contributed by atoms with van der Waals surface area (Å²) in [5.41, 5.74) is 2.20. The van der Waals surface area contributed by atoms with E-state index in [-0.39, 0.29) is 11.9 Å². The molecular formula is C18H21NO2. The smallest absolute Gasteiger partial charge is 0.287 e. The summed E-state index contributed by atoms with van der Waals surface area (Å²) in [6, 6.07) is 11.9. The van der Waals surface area contributed by atoms with Gasteiger partial charge in [-0.1, -0.05) is 36.2 Å². The number of amides is 1. The topological polar surface area (TPSA) is 42.2 Å². The lowest BCUT2D eigenvalue weighted by molar-refractivity contribution is 0.0882. The molecule has 1 fully saturated rings. The Bertz CT molecular complexity index is 623. The maximum Gasteiger partial charge on any atom is 0.287 e. The van der Waals surface area contributed by atoms with Crippen molar-refractivity contribution in [2.24, 2.45) is 5.92 Å². The molecule has 1 N–H and O–H groups in total. The van der Waals surface area contributed by atoms with Gasteiger partial charge in [-0.25, -0.2) is 0 Å². The Morgan fingerprint density at radius 2 is 1.90 bits per heavy atom. The molecule has 21 heavy (non-hydrogen) atoms. The molecule has 1 amide bonds. The van der Waals surface area contributed by atoms with Gasteiger partial charge in [0, 0.05) is 11.6 Å². The second-order valence-corrected chi connectivity index (χ2v) is 5.98. The average Bonchev–Trinajstić information content (AvgIpc) is 2.87. The maximum absolute atomic E-state index is 12.2. The zero-order valence-electron chi connectivity index (χ0n) is 12.6. The van der Waals surface area contributed by atoms with E-state index in [9.17, 15) is 4.79 Å². The molecule has 1 saturated carbocycles. The second kappa shape index (κ2) is 5.76.